The third-order valence-electron chi connectivity index (χ3n) is 2.33. The predicted octanol–water partition coefficient (Wildman–Crippen LogP) is 1.70. The fourth-order valence-electron chi connectivity index (χ4n) is 1.44. The lowest BCUT2D eigenvalue weighted by Crippen LogP contribution is -2.48. The van der Waals surface area contributed by atoms with Crippen molar-refractivity contribution < 1.29 is 9.53 Å². The van der Waals surface area contributed by atoms with Gasteiger partial charge in [0.1, 0.15) is 5.54 Å². The molecule has 0 saturated carbocycles. The van der Waals surface area contributed by atoms with Gasteiger partial charge in [-0.15, -0.1) is 11.3 Å². The molecule has 1 unspecified atom stereocenters. The fraction of sp³-hybridized carbons (Fsp3) is 0.444. The van der Waals surface area contributed by atoms with Crippen LogP contribution in [-0.2, 0) is 4.74 Å². The first-order chi connectivity index (χ1) is 6.63. The van der Waals surface area contributed by atoms with Gasteiger partial charge in [0, 0.05) is 6.61 Å². The molecule has 1 aromatic heterocycles. The van der Waals surface area contributed by atoms with Crippen LogP contribution in [0.5, 0.6) is 0 Å². The largest absolute Gasteiger partial charge is 0.379 e. The molecule has 0 spiro atoms. The van der Waals surface area contributed by atoms with Crippen LogP contribution in [-0.4, -0.2) is 24.5 Å². The zero-order valence-electron chi connectivity index (χ0n) is 7.46. The van der Waals surface area contributed by atoms with E-state index < -0.39 is 5.54 Å². The van der Waals surface area contributed by atoms with Crippen molar-refractivity contribution in [3.8, 4) is 0 Å². The Balaban J connectivity index is 2.28. The van der Waals surface area contributed by atoms with Crippen molar-refractivity contribution in [2.24, 2.45) is 5.73 Å². The van der Waals surface area contributed by atoms with Crippen molar-refractivity contribution in [3.63, 3.8) is 0 Å². The molecule has 0 aliphatic carbocycles. The lowest BCUT2D eigenvalue weighted by atomic mass is 9.93. The molecular weight excluding hydrogens is 222 g/mol. The summed E-state index contributed by atoms with van der Waals surface area (Å²) in [5, 5.41) is 2.27. The maximum Gasteiger partial charge on any atom is 0.196 e. The van der Waals surface area contributed by atoms with Gasteiger partial charge in [-0.25, -0.2) is 0 Å². The van der Waals surface area contributed by atoms with Crippen molar-refractivity contribution in [2.75, 3.05) is 13.2 Å². The zero-order chi connectivity index (χ0) is 10.2. The van der Waals surface area contributed by atoms with E-state index in [1.54, 1.807) is 11.4 Å². The number of thiophene rings is 1. The molecule has 2 rings (SSSR count). The molecule has 1 saturated heterocycles. The Hall–Kier alpha value is -0.420. The number of halogens is 1. The first-order valence-corrected chi connectivity index (χ1v) is 5.54. The van der Waals surface area contributed by atoms with E-state index in [1.165, 1.54) is 11.3 Å². The molecular formula is C9H10ClNO2S. The van der Waals surface area contributed by atoms with Crippen molar-refractivity contribution >= 4 is 28.7 Å². The molecule has 2 heterocycles. The Morgan fingerprint density at radius 3 is 3.00 bits per heavy atom. The summed E-state index contributed by atoms with van der Waals surface area (Å²) in [6.45, 7) is 0.839. The summed E-state index contributed by atoms with van der Waals surface area (Å²) in [5.74, 6) is -0.102. The Morgan fingerprint density at radius 2 is 2.50 bits per heavy atom. The van der Waals surface area contributed by atoms with Crippen LogP contribution in [0.1, 0.15) is 16.1 Å². The summed E-state index contributed by atoms with van der Waals surface area (Å²) in [4.78, 5) is 12.5. The Kier molecular flexibility index (Phi) is 2.62. The van der Waals surface area contributed by atoms with Gasteiger partial charge in [0.05, 0.1) is 16.5 Å². The standard InChI is InChI=1S/C9H10ClNO2S/c10-6-1-4-14-7(6)8(12)9(11)2-3-13-5-9/h1,4H,2-3,5,11H2. The SMILES string of the molecule is NC1(C(=O)c2sccc2Cl)CCOC1. The van der Waals surface area contributed by atoms with Gasteiger partial charge in [0.25, 0.3) is 0 Å². The Labute approximate surface area is 90.8 Å². The third kappa shape index (κ3) is 1.59. The number of hydrogen-bond donors (Lipinski definition) is 1. The lowest BCUT2D eigenvalue weighted by Gasteiger charge is -2.18. The number of carbonyl (C=O) groups is 1. The maximum absolute atomic E-state index is 12.0. The molecule has 1 aromatic rings. The minimum Gasteiger partial charge on any atom is -0.379 e. The smallest absolute Gasteiger partial charge is 0.196 e. The van der Waals surface area contributed by atoms with E-state index in [2.05, 4.69) is 0 Å². The zero-order valence-corrected chi connectivity index (χ0v) is 9.03. The number of ether oxygens (including phenoxy) is 1. The van der Waals surface area contributed by atoms with Gasteiger partial charge in [0.2, 0.25) is 0 Å². The monoisotopic (exact) mass is 231 g/mol. The van der Waals surface area contributed by atoms with Crippen LogP contribution in [0.2, 0.25) is 5.02 Å². The number of Topliss-reactive ketones (excluding diaryl/α,β-unsaturated/α-hetero) is 1. The summed E-state index contributed by atoms with van der Waals surface area (Å²) < 4.78 is 5.13. The lowest BCUT2D eigenvalue weighted by molar-refractivity contribution is 0.0867. The van der Waals surface area contributed by atoms with Crippen molar-refractivity contribution in [3.05, 3.63) is 21.3 Å². The highest BCUT2D eigenvalue weighted by Crippen LogP contribution is 2.29. The molecule has 76 valence electrons. The van der Waals surface area contributed by atoms with E-state index in [-0.39, 0.29) is 5.78 Å². The first-order valence-electron chi connectivity index (χ1n) is 4.28. The van der Waals surface area contributed by atoms with Gasteiger partial charge in [0.15, 0.2) is 5.78 Å². The Morgan fingerprint density at radius 1 is 1.71 bits per heavy atom. The average Bonchev–Trinajstić information content (AvgIpc) is 2.74. The molecule has 1 aliphatic rings. The number of hydrogen-bond acceptors (Lipinski definition) is 4. The highest BCUT2D eigenvalue weighted by atomic mass is 35.5. The summed E-state index contributed by atoms with van der Waals surface area (Å²) >= 11 is 7.19. The normalized spacial score (nSPS) is 26.7. The van der Waals surface area contributed by atoms with Gasteiger partial charge in [-0.2, -0.15) is 0 Å². The van der Waals surface area contributed by atoms with Gasteiger partial charge in [-0.05, 0) is 17.9 Å². The summed E-state index contributed by atoms with van der Waals surface area (Å²) in [6.07, 6.45) is 0.570. The van der Waals surface area contributed by atoms with Gasteiger partial charge >= 0.3 is 0 Å². The first kappa shape index (κ1) is 10.1. The van der Waals surface area contributed by atoms with Crippen LogP contribution in [0.15, 0.2) is 11.4 Å². The van der Waals surface area contributed by atoms with Crippen LogP contribution in [0.25, 0.3) is 0 Å². The van der Waals surface area contributed by atoms with E-state index in [0.717, 1.165) is 0 Å². The van der Waals surface area contributed by atoms with E-state index >= 15 is 0 Å². The van der Waals surface area contributed by atoms with E-state index in [9.17, 15) is 4.79 Å². The Bertz CT molecular complexity index is 357. The van der Waals surface area contributed by atoms with Crippen molar-refractivity contribution in [1.82, 2.24) is 0 Å². The van der Waals surface area contributed by atoms with Crippen LogP contribution in [0, 0.1) is 0 Å². The topological polar surface area (TPSA) is 52.3 Å². The van der Waals surface area contributed by atoms with Crippen molar-refractivity contribution in [1.29, 1.82) is 0 Å². The van der Waals surface area contributed by atoms with Gasteiger partial charge in [-0.3, -0.25) is 4.79 Å². The molecule has 14 heavy (non-hydrogen) atoms. The summed E-state index contributed by atoms with van der Waals surface area (Å²) in [5.41, 5.74) is 5.07. The summed E-state index contributed by atoms with van der Waals surface area (Å²) in [7, 11) is 0. The van der Waals surface area contributed by atoms with E-state index in [0.29, 0.717) is 29.5 Å². The number of rotatable bonds is 2. The second-order valence-corrected chi connectivity index (χ2v) is 4.71. The molecule has 1 atom stereocenters. The number of nitrogens with two attached hydrogens (primary N) is 1. The van der Waals surface area contributed by atoms with Crippen LogP contribution < -0.4 is 5.73 Å². The molecule has 0 bridgehead atoms. The predicted molar refractivity (Wildman–Crippen MR) is 56.0 cm³/mol. The second-order valence-electron chi connectivity index (χ2n) is 3.39. The van der Waals surface area contributed by atoms with Crippen molar-refractivity contribution in [2.45, 2.75) is 12.0 Å². The van der Waals surface area contributed by atoms with E-state index in [1.807, 2.05) is 0 Å². The van der Waals surface area contributed by atoms with E-state index in [4.69, 9.17) is 22.1 Å². The molecule has 0 amide bonds. The number of ketones is 1. The minimum atomic E-state index is -0.867. The molecule has 3 nitrogen and oxygen atoms in total. The quantitative estimate of drug-likeness (QED) is 0.789. The molecule has 1 aliphatic heterocycles. The number of carbonyl (C=O) groups excluding carboxylic acids is 1. The fourth-order valence-corrected chi connectivity index (χ4v) is 2.63. The highest BCUT2D eigenvalue weighted by Gasteiger charge is 2.39. The molecule has 0 aromatic carbocycles. The minimum absolute atomic E-state index is 0.102. The highest BCUT2D eigenvalue weighted by molar-refractivity contribution is 7.12. The average molecular weight is 232 g/mol. The van der Waals surface area contributed by atoms with Gasteiger partial charge in [-0.1, -0.05) is 11.6 Å². The third-order valence-corrected chi connectivity index (χ3v) is 3.67. The molecule has 0 radical (unpaired) electrons. The van der Waals surface area contributed by atoms with Crippen LogP contribution in [0.3, 0.4) is 0 Å². The molecule has 1 fully saturated rings. The molecule has 5 heteroatoms. The molecule has 2 N–H and O–H groups in total. The van der Waals surface area contributed by atoms with Crippen LogP contribution in [0.4, 0.5) is 0 Å². The van der Waals surface area contributed by atoms with Crippen LogP contribution >= 0.6 is 22.9 Å². The van der Waals surface area contributed by atoms with Gasteiger partial charge < -0.3 is 10.5 Å². The summed E-state index contributed by atoms with van der Waals surface area (Å²) in [6, 6.07) is 1.71. The second kappa shape index (κ2) is 3.62. The maximum atomic E-state index is 12.0.